The number of hydrogen-bond acceptors (Lipinski definition) is 3. The molecule has 1 aromatic rings. The van der Waals surface area contributed by atoms with E-state index in [2.05, 4.69) is 10.3 Å². The number of halogens is 1. The largest absolute Gasteiger partial charge is 0.480 e. The van der Waals surface area contributed by atoms with Gasteiger partial charge in [0.2, 0.25) is 0 Å². The summed E-state index contributed by atoms with van der Waals surface area (Å²) in [6.07, 6.45) is 2.93. The molecule has 0 aromatic carbocycles. The van der Waals surface area contributed by atoms with E-state index in [1.807, 2.05) is 0 Å². The van der Waals surface area contributed by atoms with Crippen molar-refractivity contribution in [2.45, 2.75) is 6.54 Å². The third kappa shape index (κ3) is 2.45. The first-order chi connectivity index (χ1) is 4.29. The quantitative estimate of drug-likeness (QED) is 0.655. The molecule has 5 nitrogen and oxygen atoms in total. The Morgan fingerprint density at radius 3 is 2.80 bits per heavy atom. The molecule has 0 saturated heterocycles. The molecule has 0 spiro atoms. The van der Waals surface area contributed by atoms with Crippen molar-refractivity contribution in [1.29, 1.82) is 0 Å². The predicted octanol–water partition coefficient (Wildman–Crippen LogP) is -0.216. The van der Waals surface area contributed by atoms with Crippen molar-refractivity contribution in [3.8, 4) is 0 Å². The van der Waals surface area contributed by atoms with E-state index in [9.17, 15) is 4.79 Å². The van der Waals surface area contributed by atoms with Gasteiger partial charge in [0.05, 0.1) is 6.20 Å². The Hall–Kier alpha value is -1.10. The molecule has 0 aliphatic rings. The second-order valence-corrected chi connectivity index (χ2v) is 1.49. The van der Waals surface area contributed by atoms with Crippen LogP contribution in [0, 0.1) is 0 Å². The number of carbonyl (C=O) groups is 1. The van der Waals surface area contributed by atoms with Crippen LogP contribution in [0.4, 0.5) is 0 Å². The molecule has 1 heterocycles. The normalized spacial score (nSPS) is 8.40. The Bertz CT molecular complexity index is 198. The zero-order chi connectivity index (χ0) is 6.69. The summed E-state index contributed by atoms with van der Waals surface area (Å²) >= 11 is 0. The van der Waals surface area contributed by atoms with E-state index in [1.165, 1.54) is 17.1 Å². The summed E-state index contributed by atoms with van der Waals surface area (Å²) in [5.41, 5.74) is 0. The van der Waals surface area contributed by atoms with Crippen molar-refractivity contribution in [1.82, 2.24) is 15.0 Å². The third-order valence-electron chi connectivity index (χ3n) is 0.769. The summed E-state index contributed by atoms with van der Waals surface area (Å²) in [5, 5.41) is 15.1. The van der Waals surface area contributed by atoms with E-state index in [0.29, 0.717) is 0 Å². The van der Waals surface area contributed by atoms with E-state index >= 15 is 0 Å². The molecule has 0 aliphatic heterocycles. The first-order valence-electron chi connectivity index (χ1n) is 2.35. The first-order valence-corrected chi connectivity index (χ1v) is 2.35. The molecule has 0 bridgehead atoms. The van der Waals surface area contributed by atoms with E-state index in [4.69, 9.17) is 5.11 Å². The van der Waals surface area contributed by atoms with E-state index in [0.717, 1.165) is 0 Å². The lowest BCUT2D eigenvalue weighted by Crippen LogP contribution is -2.08. The van der Waals surface area contributed by atoms with Crippen LogP contribution in [0.15, 0.2) is 12.4 Å². The standard InChI is InChI=1S/C4H5N3O2.ClH/c8-4(9)3-7-2-1-5-6-7;/h1-2H,3H2,(H,8,9);1H. The number of nitrogens with zero attached hydrogens (tertiary/aromatic N) is 3. The van der Waals surface area contributed by atoms with Crippen LogP contribution in [0.1, 0.15) is 0 Å². The van der Waals surface area contributed by atoms with Crippen molar-refractivity contribution in [2.75, 3.05) is 0 Å². The van der Waals surface area contributed by atoms with Gasteiger partial charge in [0.1, 0.15) is 6.54 Å². The highest BCUT2D eigenvalue weighted by Crippen LogP contribution is 1.78. The Balaban J connectivity index is 0.000000810. The monoisotopic (exact) mass is 163 g/mol. The van der Waals surface area contributed by atoms with Gasteiger partial charge in [0, 0.05) is 6.20 Å². The number of carboxylic acids is 1. The molecule has 0 atom stereocenters. The minimum Gasteiger partial charge on any atom is -0.480 e. The molecular formula is C4H6ClN3O2. The van der Waals surface area contributed by atoms with Gasteiger partial charge >= 0.3 is 5.97 Å². The highest BCUT2D eigenvalue weighted by molar-refractivity contribution is 5.85. The number of rotatable bonds is 2. The van der Waals surface area contributed by atoms with Gasteiger partial charge in [-0.25, -0.2) is 4.68 Å². The minimum atomic E-state index is -0.916. The van der Waals surface area contributed by atoms with E-state index in [1.54, 1.807) is 0 Å². The fourth-order valence-electron chi connectivity index (χ4n) is 0.456. The topological polar surface area (TPSA) is 68.0 Å². The molecule has 1 aromatic heterocycles. The van der Waals surface area contributed by atoms with Crippen molar-refractivity contribution in [3.63, 3.8) is 0 Å². The van der Waals surface area contributed by atoms with Gasteiger partial charge in [-0.3, -0.25) is 4.79 Å². The van der Waals surface area contributed by atoms with Crippen molar-refractivity contribution < 1.29 is 9.90 Å². The lowest BCUT2D eigenvalue weighted by Gasteiger charge is -1.89. The lowest BCUT2D eigenvalue weighted by molar-refractivity contribution is -0.137. The molecule has 10 heavy (non-hydrogen) atoms. The zero-order valence-corrected chi connectivity index (χ0v) is 5.78. The van der Waals surface area contributed by atoms with Gasteiger partial charge in [-0.15, -0.1) is 17.5 Å². The van der Waals surface area contributed by atoms with Gasteiger partial charge in [-0.2, -0.15) is 0 Å². The average Bonchev–Trinajstić information content (AvgIpc) is 2.15. The summed E-state index contributed by atoms with van der Waals surface area (Å²) in [6, 6.07) is 0. The van der Waals surface area contributed by atoms with Crippen LogP contribution in [0.3, 0.4) is 0 Å². The van der Waals surface area contributed by atoms with E-state index < -0.39 is 5.97 Å². The Morgan fingerprint density at radius 1 is 1.70 bits per heavy atom. The van der Waals surface area contributed by atoms with Crippen LogP contribution < -0.4 is 0 Å². The summed E-state index contributed by atoms with van der Waals surface area (Å²) in [5.74, 6) is -0.916. The van der Waals surface area contributed by atoms with Crippen LogP contribution in [-0.4, -0.2) is 26.1 Å². The Kier molecular flexibility index (Phi) is 3.42. The number of aliphatic carboxylic acids is 1. The molecule has 0 unspecified atom stereocenters. The fourth-order valence-corrected chi connectivity index (χ4v) is 0.456. The summed E-state index contributed by atoms with van der Waals surface area (Å²) in [4.78, 5) is 9.98. The maximum absolute atomic E-state index is 9.98. The maximum atomic E-state index is 9.98. The molecule has 0 fully saturated rings. The summed E-state index contributed by atoms with van der Waals surface area (Å²) in [7, 11) is 0. The van der Waals surface area contributed by atoms with Gasteiger partial charge in [0.15, 0.2) is 0 Å². The summed E-state index contributed by atoms with van der Waals surface area (Å²) in [6.45, 7) is -0.125. The molecule has 6 heteroatoms. The van der Waals surface area contributed by atoms with Crippen LogP contribution in [0.2, 0.25) is 0 Å². The molecule has 1 rings (SSSR count). The zero-order valence-electron chi connectivity index (χ0n) is 4.97. The molecule has 56 valence electrons. The highest BCUT2D eigenvalue weighted by atomic mass is 35.5. The highest BCUT2D eigenvalue weighted by Gasteiger charge is 1.96. The van der Waals surface area contributed by atoms with Gasteiger partial charge in [-0.05, 0) is 0 Å². The van der Waals surface area contributed by atoms with Gasteiger partial charge < -0.3 is 5.11 Å². The third-order valence-corrected chi connectivity index (χ3v) is 0.769. The first kappa shape index (κ1) is 8.90. The van der Waals surface area contributed by atoms with Crippen LogP contribution in [-0.2, 0) is 11.3 Å². The van der Waals surface area contributed by atoms with Crippen molar-refractivity contribution in [2.24, 2.45) is 0 Å². The molecular weight excluding hydrogens is 158 g/mol. The second-order valence-electron chi connectivity index (χ2n) is 1.49. The Labute approximate surface area is 63.1 Å². The van der Waals surface area contributed by atoms with Gasteiger partial charge in [-0.1, -0.05) is 5.21 Å². The smallest absolute Gasteiger partial charge is 0.325 e. The minimum absolute atomic E-state index is 0. The summed E-state index contributed by atoms with van der Waals surface area (Å²) < 4.78 is 1.24. The molecule has 1 N–H and O–H groups in total. The Morgan fingerprint density at radius 2 is 2.40 bits per heavy atom. The number of carboxylic acid groups (broad SMARTS) is 1. The molecule has 0 aliphatic carbocycles. The van der Waals surface area contributed by atoms with E-state index in [-0.39, 0.29) is 19.0 Å². The molecule has 0 amide bonds. The fraction of sp³-hybridized carbons (Fsp3) is 0.250. The van der Waals surface area contributed by atoms with Crippen LogP contribution in [0.5, 0.6) is 0 Å². The lowest BCUT2D eigenvalue weighted by atomic mass is 10.7. The van der Waals surface area contributed by atoms with Gasteiger partial charge in [0.25, 0.3) is 0 Å². The number of hydrogen-bond donors (Lipinski definition) is 1. The molecule has 0 saturated carbocycles. The number of aromatic nitrogens is 3. The maximum Gasteiger partial charge on any atom is 0.325 e. The van der Waals surface area contributed by atoms with Crippen molar-refractivity contribution in [3.05, 3.63) is 12.4 Å². The molecule has 0 radical (unpaired) electrons. The van der Waals surface area contributed by atoms with Crippen LogP contribution >= 0.6 is 12.4 Å². The SMILES string of the molecule is Cl.O=C(O)Cn1ccnn1. The average molecular weight is 164 g/mol. The van der Waals surface area contributed by atoms with Crippen molar-refractivity contribution >= 4 is 18.4 Å². The van der Waals surface area contributed by atoms with Crippen LogP contribution in [0.25, 0.3) is 0 Å². The predicted molar refractivity (Wildman–Crippen MR) is 34.9 cm³/mol. The second kappa shape index (κ2) is 3.84.